The summed E-state index contributed by atoms with van der Waals surface area (Å²) in [5, 5.41) is 1.36. The molecule has 3 heteroatoms. The van der Waals surface area contributed by atoms with Crippen LogP contribution >= 0.6 is 0 Å². The predicted molar refractivity (Wildman–Crippen MR) is 102 cm³/mol. The van der Waals surface area contributed by atoms with Gasteiger partial charge in [-0.2, -0.15) is 0 Å². The molecule has 25 heavy (non-hydrogen) atoms. The van der Waals surface area contributed by atoms with Crippen molar-refractivity contribution in [1.29, 1.82) is 0 Å². The van der Waals surface area contributed by atoms with Crippen LogP contribution in [0.4, 0.5) is 0 Å². The lowest BCUT2D eigenvalue weighted by Crippen LogP contribution is -2.31. The van der Waals surface area contributed by atoms with E-state index in [9.17, 15) is 0 Å². The van der Waals surface area contributed by atoms with E-state index in [2.05, 4.69) is 27.9 Å². The van der Waals surface area contributed by atoms with Gasteiger partial charge < -0.3 is 4.42 Å². The van der Waals surface area contributed by atoms with Crippen LogP contribution in [-0.4, -0.2) is 4.98 Å². The maximum Gasteiger partial charge on any atom is 0.216 e. The lowest BCUT2D eigenvalue weighted by molar-refractivity contribution is -0.660. The Morgan fingerprint density at radius 1 is 1.20 bits per heavy atom. The van der Waals surface area contributed by atoms with Gasteiger partial charge in [0.05, 0.1) is 16.6 Å². The normalized spacial score (nSPS) is 17.0. The third kappa shape index (κ3) is 2.42. The smallest absolute Gasteiger partial charge is 0.216 e. The van der Waals surface area contributed by atoms with E-state index in [1.807, 2.05) is 33.0 Å². The van der Waals surface area contributed by atoms with Gasteiger partial charge in [0, 0.05) is 28.7 Å². The zero-order chi connectivity index (χ0) is 21.1. The molecule has 1 atom stereocenters. The molecule has 0 saturated heterocycles. The largest absolute Gasteiger partial charge is 0.455 e. The molecular formula is C22H23N2O+. The molecule has 0 spiro atoms. The fourth-order valence-corrected chi connectivity index (χ4v) is 3.49. The van der Waals surface area contributed by atoms with Crippen LogP contribution in [0.5, 0.6) is 0 Å². The molecule has 3 nitrogen and oxygen atoms in total. The number of furan rings is 1. The van der Waals surface area contributed by atoms with Crippen molar-refractivity contribution in [2.24, 2.45) is 7.05 Å². The summed E-state index contributed by atoms with van der Waals surface area (Å²) >= 11 is 0. The summed E-state index contributed by atoms with van der Waals surface area (Å²) in [5.74, 6) is -1.86. The fraction of sp³-hybridized carbons (Fsp3) is 0.273. The van der Waals surface area contributed by atoms with Crippen molar-refractivity contribution in [3.05, 3.63) is 59.5 Å². The van der Waals surface area contributed by atoms with Gasteiger partial charge in [0.1, 0.15) is 18.2 Å². The summed E-state index contributed by atoms with van der Waals surface area (Å²) in [6.07, 6.45) is 3.57. The van der Waals surface area contributed by atoms with E-state index in [0.29, 0.717) is 16.6 Å². The molecule has 0 aliphatic rings. The van der Waals surface area contributed by atoms with Crippen LogP contribution in [0.1, 0.15) is 42.0 Å². The first-order valence-corrected chi connectivity index (χ1v) is 8.30. The Bertz CT molecular complexity index is 1260. The standard InChI is InChI=1S/C22H23N2O/c1-13(2)21-20-16-8-7-15(4)19(17-9-6-14(3)12-24(17)5)22(16)25-18(20)10-11-23-21/h6-13H,1-5H3/q+1/i1D3,13D. The van der Waals surface area contributed by atoms with Gasteiger partial charge in [0.15, 0.2) is 6.20 Å². The molecule has 1 unspecified atom stereocenters. The highest BCUT2D eigenvalue weighted by molar-refractivity contribution is 6.10. The van der Waals surface area contributed by atoms with Crippen LogP contribution in [0, 0.1) is 13.8 Å². The van der Waals surface area contributed by atoms with E-state index in [1.54, 1.807) is 6.07 Å². The average molecular weight is 335 g/mol. The summed E-state index contributed by atoms with van der Waals surface area (Å²) in [4.78, 5) is 4.31. The van der Waals surface area contributed by atoms with Gasteiger partial charge in [-0.1, -0.05) is 25.9 Å². The number of aromatic nitrogens is 2. The molecule has 0 aliphatic heterocycles. The molecule has 4 rings (SSSR count). The van der Waals surface area contributed by atoms with E-state index in [4.69, 9.17) is 9.90 Å². The molecule has 0 aliphatic carbocycles. The number of hydrogen-bond donors (Lipinski definition) is 0. The molecule has 1 aromatic carbocycles. The number of pyridine rings is 2. The number of fused-ring (bicyclic) bond motifs is 3. The minimum atomic E-state index is -2.52. The van der Waals surface area contributed by atoms with E-state index >= 15 is 0 Å². The molecule has 0 saturated carbocycles. The molecule has 126 valence electrons. The van der Waals surface area contributed by atoms with E-state index in [0.717, 1.165) is 27.8 Å². The zero-order valence-corrected chi connectivity index (χ0v) is 14.8. The average Bonchev–Trinajstić information content (AvgIpc) is 3.00. The van der Waals surface area contributed by atoms with Gasteiger partial charge in [-0.05, 0) is 37.4 Å². The van der Waals surface area contributed by atoms with Gasteiger partial charge in [0.25, 0.3) is 0 Å². The number of nitrogens with zero attached hydrogens (tertiary/aromatic N) is 2. The molecule has 0 radical (unpaired) electrons. The highest BCUT2D eigenvalue weighted by Crippen LogP contribution is 2.39. The van der Waals surface area contributed by atoms with Gasteiger partial charge in [-0.3, -0.25) is 4.98 Å². The van der Waals surface area contributed by atoms with Gasteiger partial charge >= 0.3 is 0 Å². The van der Waals surface area contributed by atoms with Crippen LogP contribution in [0.15, 0.2) is 47.1 Å². The molecule has 4 aromatic rings. The highest BCUT2D eigenvalue weighted by atomic mass is 16.3. The van der Waals surface area contributed by atoms with Crippen molar-refractivity contribution in [3.8, 4) is 11.3 Å². The maximum absolute atomic E-state index is 8.56. The summed E-state index contributed by atoms with van der Waals surface area (Å²) < 4.78 is 40.4. The predicted octanol–water partition coefficient (Wildman–Crippen LogP) is 5.21. The molecule has 0 bridgehead atoms. The van der Waals surface area contributed by atoms with Crippen LogP contribution in [0.3, 0.4) is 0 Å². The molecule has 0 N–H and O–H groups in total. The van der Waals surface area contributed by atoms with Crippen LogP contribution < -0.4 is 4.57 Å². The summed E-state index contributed by atoms with van der Waals surface area (Å²) in [6, 6.07) is 9.76. The Morgan fingerprint density at radius 3 is 2.80 bits per heavy atom. The second-order valence-electron chi connectivity index (χ2n) is 6.60. The molecule has 0 amide bonds. The topological polar surface area (TPSA) is 29.9 Å². The SMILES string of the molecule is [2H]C([2H])([2H])C([2H])(C)c1nccc2oc3c(-c4ccc(C)c[n+]4C)c(C)ccc3c12. The summed E-state index contributed by atoms with van der Waals surface area (Å²) in [5.41, 5.74) is 5.57. The summed E-state index contributed by atoms with van der Waals surface area (Å²) in [6.45, 7) is 2.93. The van der Waals surface area contributed by atoms with Crippen molar-refractivity contribution in [1.82, 2.24) is 4.98 Å². The van der Waals surface area contributed by atoms with Crippen LogP contribution in [-0.2, 0) is 7.05 Å². The van der Waals surface area contributed by atoms with Crippen molar-refractivity contribution in [3.63, 3.8) is 0 Å². The van der Waals surface area contributed by atoms with Crippen molar-refractivity contribution >= 4 is 21.9 Å². The molecule has 3 aromatic heterocycles. The monoisotopic (exact) mass is 335 g/mol. The first-order chi connectivity index (χ1) is 13.5. The number of rotatable bonds is 2. The lowest BCUT2D eigenvalue weighted by Gasteiger charge is -2.07. The highest BCUT2D eigenvalue weighted by Gasteiger charge is 2.22. The third-order valence-corrected chi connectivity index (χ3v) is 4.65. The lowest BCUT2D eigenvalue weighted by atomic mass is 9.98. The van der Waals surface area contributed by atoms with Gasteiger partial charge in [0.2, 0.25) is 5.69 Å². The van der Waals surface area contributed by atoms with Crippen molar-refractivity contribution in [2.75, 3.05) is 0 Å². The minimum Gasteiger partial charge on any atom is -0.455 e. The fourth-order valence-electron chi connectivity index (χ4n) is 3.49. The number of aryl methyl sites for hydroxylation is 3. The molecule has 3 heterocycles. The molecule has 0 fully saturated rings. The Kier molecular flexibility index (Phi) is 2.69. The van der Waals surface area contributed by atoms with Crippen molar-refractivity contribution in [2.45, 2.75) is 33.5 Å². The maximum atomic E-state index is 8.56. The Balaban J connectivity index is 2.12. The van der Waals surface area contributed by atoms with E-state index < -0.39 is 12.7 Å². The Labute approximate surface area is 153 Å². The number of benzene rings is 1. The minimum absolute atomic E-state index is 0.205. The zero-order valence-electron chi connectivity index (χ0n) is 18.8. The molecular weight excluding hydrogens is 308 g/mol. The Morgan fingerprint density at radius 2 is 2.04 bits per heavy atom. The quantitative estimate of drug-likeness (QED) is 0.471. The van der Waals surface area contributed by atoms with E-state index in [-0.39, 0.29) is 5.69 Å². The van der Waals surface area contributed by atoms with Gasteiger partial charge in [-0.25, -0.2) is 4.57 Å². The van der Waals surface area contributed by atoms with Crippen LogP contribution in [0.2, 0.25) is 0 Å². The summed E-state index contributed by atoms with van der Waals surface area (Å²) in [7, 11) is 1.99. The Hall–Kier alpha value is -2.68. The first-order valence-electron chi connectivity index (χ1n) is 10.3. The van der Waals surface area contributed by atoms with E-state index in [1.165, 1.54) is 13.1 Å². The number of hydrogen-bond acceptors (Lipinski definition) is 2. The second-order valence-corrected chi connectivity index (χ2v) is 6.60. The first kappa shape index (κ1) is 11.8. The third-order valence-electron chi connectivity index (χ3n) is 4.65. The van der Waals surface area contributed by atoms with Crippen molar-refractivity contribution < 1.29 is 14.5 Å². The van der Waals surface area contributed by atoms with Crippen LogP contribution in [0.25, 0.3) is 33.2 Å². The van der Waals surface area contributed by atoms with Gasteiger partial charge in [-0.15, -0.1) is 0 Å². The second kappa shape index (κ2) is 5.69.